The number of carbonyl (C=O) groups excluding carboxylic acids is 1. The van der Waals surface area contributed by atoms with Crippen molar-refractivity contribution < 1.29 is 18.7 Å². The Morgan fingerprint density at radius 3 is 2.62 bits per heavy atom. The Bertz CT molecular complexity index is 643. The summed E-state index contributed by atoms with van der Waals surface area (Å²) in [4.78, 5) is 12.0. The maximum atomic E-state index is 13.1. The third kappa shape index (κ3) is 3.72. The number of methoxy groups -OCH3 is 2. The fourth-order valence-electron chi connectivity index (χ4n) is 1.93. The number of carbonyl (C=O) groups is 1. The second kappa shape index (κ2) is 6.74. The first-order valence-corrected chi connectivity index (χ1v) is 6.38. The average molecular weight is 289 g/mol. The van der Waals surface area contributed by atoms with E-state index in [-0.39, 0.29) is 18.0 Å². The van der Waals surface area contributed by atoms with Crippen molar-refractivity contribution in [3.8, 4) is 11.5 Å². The smallest absolute Gasteiger partial charge is 0.251 e. The van der Waals surface area contributed by atoms with Crippen LogP contribution in [0.25, 0.3) is 0 Å². The Morgan fingerprint density at radius 1 is 1.14 bits per heavy atom. The zero-order valence-corrected chi connectivity index (χ0v) is 11.9. The molecule has 0 aliphatic heterocycles. The molecule has 5 heteroatoms. The first-order valence-electron chi connectivity index (χ1n) is 6.38. The first-order chi connectivity index (χ1) is 10.1. The molecular formula is C16H16FNO3. The molecule has 0 fully saturated rings. The maximum absolute atomic E-state index is 13.1. The van der Waals surface area contributed by atoms with Crippen molar-refractivity contribution in [1.82, 2.24) is 5.32 Å². The molecule has 2 aromatic rings. The second-order valence-corrected chi connectivity index (χ2v) is 4.37. The largest absolute Gasteiger partial charge is 0.497 e. The van der Waals surface area contributed by atoms with Gasteiger partial charge in [0.1, 0.15) is 17.3 Å². The van der Waals surface area contributed by atoms with E-state index >= 15 is 0 Å². The molecule has 110 valence electrons. The van der Waals surface area contributed by atoms with Gasteiger partial charge in [-0.1, -0.05) is 6.07 Å². The van der Waals surface area contributed by atoms with E-state index in [1.54, 1.807) is 38.5 Å². The van der Waals surface area contributed by atoms with Crippen molar-refractivity contribution in [2.75, 3.05) is 14.2 Å². The zero-order valence-electron chi connectivity index (χ0n) is 11.9. The summed E-state index contributed by atoms with van der Waals surface area (Å²) < 4.78 is 23.5. The first kappa shape index (κ1) is 14.8. The quantitative estimate of drug-likeness (QED) is 0.920. The van der Waals surface area contributed by atoms with Crippen molar-refractivity contribution in [3.05, 3.63) is 59.4 Å². The molecule has 0 aromatic heterocycles. The highest BCUT2D eigenvalue weighted by molar-refractivity contribution is 5.94. The standard InChI is InChI=1S/C16H16FNO3/c1-20-14-6-7-15(21-2)12(9-14)10-18-16(19)11-4-3-5-13(17)8-11/h3-9H,10H2,1-2H3,(H,18,19). The van der Waals surface area contributed by atoms with E-state index in [9.17, 15) is 9.18 Å². The lowest BCUT2D eigenvalue weighted by atomic mass is 10.1. The van der Waals surface area contributed by atoms with Crippen LogP contribution in [-0.2, 0) is 6.54 Å². The molecule has 0 aliphatic rings. The Kier molecular flexibility index (Phi) is 4.77. The molecule has 2 aromatic carbocycles. The molecule has 4 nitrogen and oxygen atoms in total. The highest BCUT2D eigenvalue weighted by atomic mass is 19.1. The fourth-order valence-corrected chi connectivity index (χ4v) is 1.93. The van der Waals surface area contributed by atoms with Gasteiger partial charge in [-0.25, -0.2) is 4.39 Å². The third-order valence-electron chi connectivity index (χ3n) is 3.01. The number of ether oxygens (including phenoxy) is 2. The van der Waals surface area contributed by atoms with Gasteiger partial charge >= 0.3 is 0 Å². The minimum Gasteiger partial charge on any atom is -0.497 e. The van der Waals surface area contributed by atoms with Crippen molar-refractivity contribution in [2.24, 2.45) is 0 Å². The number of halogens is 1. The molecule has 0 atom stereocenters. The Morgan fingerprint density at radius 2 is 1.95 bits per heavy atom. The number of amides is 1. The summed E-state index contributed by atoms with van der Waals surface area (Å²) in [5.41, 5.74) is 1.05. The minimum absolute atomic E-state index is 0.260. The summed E-state index contributed by atoms with van der Waals surface area (Å²) in [5.74, 6) is 0.530. The predicted octanol–water partition coefficient (Wildman–Crippen LogP) is 2.77. The molecular weight excluding hydrogens is 273 g/mol. The highest BCUT2D eigenvalue weighted by Gasteiger charge is 2.09. The van der Waals surface area contributed by atoms with Gasteiger partial charge in [0.05, 0.1) is 14.2 Å². The van der Waals surface area contributed by atoms with Gasteiger partial charge in [0.2, 0.25) is 0 Å². The van der Waals surface area contributed by atoms with Gasteiger partial charge in [-0.2, -0.15) is 0 Å². The maximum Gasteiger partial charge on any atom is 0.251 e. The topological polar surface area (TPSA) is 47.6 Å². The van der Waals surface area contributed by atoms with E-state index in [4.69, 9.17) is 9.47 Å². The number of rotatable bonds is 5. The number of nitrogens with one attached hydrogen (secondary N) is 1. The monoisotopic (exact) mass is 289 g/mol. The van der Waals surface area contributed by atoms with Crippen LogP contribution in [0, 0.1) is 5.82 Å². The van der Waals surface area contributed by atoms with Crippen molar-refractivity contribution >= 4 is 5.91 Å². The second-order valence-electron chi connectivity index (χ2n) is 4.37. The predicted molar refractivity (Wildman–Crippen MR) is 77.1 cm³/mol. The van der Waals surface area contributed by atoms with Crippen LogP contribution >= 0.6 is 0 Å². The van der Waals surface area contributed by atoms with Crippen LogP contribution in [0.1, 0.15) is 15.9 Å². The average Bonchev–Trinajstić information content (AvgIpc) is 2.52. The van der Waals surface area contributed by atoms with E-state index in [1.165, 1.54) is 18.2 Å². The molecule has 0 saturated heterocycles. The number of hydrogen-bond acceptors (Lipinski definition) is 3. The van der Waals surface area contributed by atoms with Crippen LogP contribution in [0.3, 0.4) is 0 Å². The van der Waals surface area contributed by atoms with Crippen LogP contribution in [0.2, 0.25) is 0 Å². The summed E-state index contributed by atoms with van der Waals surface area (Å²) in [6.07, 6.45) is 0. The van der Waals surface area contributed by atoms with E-state index in [0.717, 1.165) is 5.56 Å². The van der Waals surface area contributed by atoms with Crippen molar-refractivity contribution in [3.63, 3.8) is 0 Å². The van der Waals surface area contributed by atoms with Crippen molar-refractivity contribution in [1.29, 1.82) is 0 Å². The Labute approximate surface area is 122 Å². The molecule has 0 saturated carbocycles. The lowest BCUT2D eigenvalue weighted by molar-refractivity contribution is 0.0950. The Hall–Kier alpha value is -2.56. The summed E-state index contributed by atoms with van der Waals surface area (Å²) in [6, 6.07) is 10.9. The highest BCUT2D eigenvalue weighted by Crippen LogP contribution is 2.23. The third-order valence-corrected chi connectivity index (χ3v) is 3.01. The van der Waals surface area contributed by atoms with Gasteiger partial charge in [-0.15, -0.1) is 0 Å². The number of benzene rings is 2. The molecule has 0 aliphatic carbocycles. The van der Waals surface area contributed by atoms with Gasteiger partial charge in [-0.3, -0.25) is 4.79 Å². The van der Waals surface area contributed by atoms with Crippen LogP contribution < -0.4 is 14.8 Å². The molecule has 0 heterocycles. The lowest BCUT2D eigenvalue weighted by Gasteiger charge is -2.11. The van der Waals surface area contributed by atoms with Crippen LogP contribution in [-0.4, -0.2) is 20.1 Å². The van der Waals surface area contributed by atoms with Gasteiger partial charge in [0.15, 0.2) is 0 Å². The van der Waals surface area contributed by atoms with Gasteiger partial charge in [-0.05, 0) is 36.4 Å². The molecule has 0 unspecified atom stereocenters. The van der Waals surface area contributed by atoms with E-state index in [2.05, 4.69) is 5.32 Å². The van der Waals surface area contributed by atoms with E-state index < -0.39 is 5.82 Å². The molecule has 21 heavy (non-hydrogen) atoms. The van der Waals surface area contributed by atoms with Crippen LogP contribution in [0.15, 0.2) is 42.5 Å². The molecule has 0 bridgehead atoms. The lowest BCUT2D eigenvalue weighted by Crippen LogP contribution is -2.23. The summed E-state index contributed by atoms with van der Waals surface area (Å²) >= 11 is 0. The minimum atomic E-state index is -0.443. The van der Waals surface area contributed by atoms with Gasteiger partial charge < -0.3 is 14.8 Å². The summed E-state index contributed by atoms with van der Waals surface area (Å²) in [7, 11) is 3.12. The Balaban J connectivity index is 2.10. The zero-order chi connectivity index (χ0) is 15.2. The summed E-state index contributed by atoms with van der Waals surface area (Å²) in [6.45, 7) is 0.260. The van der Waals surface area contributed by atoms with E-state index in [0.29, 0.717) is 11.5 Å². The van der Waals surface area contributed by atoms with Gasteiger partial charge in [0, 0.05) is 17.7 Å². The molecule has 2 rings (SSSR count). The molecule has 1 amide bonds. The molecule has 0 radical (unpaired) electrons. The van der Waals surface area contributed by atoms with Crippen LogP contribution in [0.5, 0.6) is 11.5 Å². The SMILES string of the molecule is COc1ccc(OC)c(CNC(=O)c2cccc(F)c2)c1. The molecule has 1 N–H and O–H groups in total. The van der Waals surface area contributed by atoms with Gasteiger partial charge in [0.25, 0.3) is 5.91 Å². The van der Waals surface area contributed by atoms with Crippen molar-refractivity contribution in [2.45, 2.75) is 6.54 Å². The molecule has 0 spiro atoms. The number of hydrogen-bond donors (Lipinski definition) is 1. The summed E-state index contributed by atoms with van der Waals surface area (Å²) in [5, 5.41) is 2.73. The van der Waals surface area contributed by atoms with Crippen LogP contribution in [0.4, 0.5) is 4.39 Å². The normalized spacial score (nSPS) is 10.0. The fraction of sp³-hybridized carbons (Fsp3) is 0.188. The van der Waals surface area contributed by atoms with E-state index in [1.807, 2.05) is 0 Å².